The van der Waals surface area contributed by atoms with Gasteiger partial charge in [0.15, 0.2) is 0 Å². The molecule has 1 N–H and O–H groups in total. The first-order chi connectivity index (χ1) is 7.35. The highest BCUT2D eigenvalue weighted by Crippen LogP contribution is 2.35. The minimum atomic E-state index is 0.338. The minimum absolute atomic E-state index is 0.338. The Labute approximate surface area is 93.7 Å². The number of aliphatic hydroxyl groups is 1. The van der Waals surface area contributed by atoms with Gasteiger partial charge in [-0.25, -0.2) is 0 Å². The van der Waals surface area contributed by atoms with Crippen LogP contribution in [0.15, 0.2) is 0 Å². The van der Waals surface area contributed by atoms with Gasteiger partial charge in [-0.05, 0) is 44.4 Å². The van der Waals surface area contributed by atoms with Crippen molar-refractivity contribution in [3.8, 4) is 0 Å². The second-order valence-electron chi connectivity index (χ2n) is 5.28. The maximum atomic E-state index is 9.10. The van der Waals surface area contributed by atoms with Crippen molar-refractivity contribution in [2.45, 2.75) is 64.0 Å². The van der Waals surface area contributed by atoms with E-state index in [1.54, 1.807) is 0 Å². The van der Waals surface area contributed by atoms with Gasteiger partial charge in [-0.3, -0.25) is 4.90 Å². The van der Waals surface area contributed by atoms with Crippen LogP contribution in [0.1, 0.15) is 51.9 Å². The molecule has 2 saturated carbocycles. The normalized spacial score (nSPS) is 32.2. The van der Waals surface area contributed by atoms with Gasteiger partial charge in [0.05, 0.1) is 6.61 Å². The van der Waals surface area contributed by atoms with Crippen LogP contribution in [-0.4, -0.2) is 35.2 Å². The number of hydrogen-bond acceptors (Lipinski definition) is 2. The highest BCUT2D eigenvalue weighted by atomic mass is 16.3. The van der Waals surface area contributed by atoms with Gasteiger partial charge in [-0.2, -0.15) is 0 Å². The average molecular weight is 211 g/mol. The molecule has 0 spiro atoms. The molecule has 2 heteroatoms. The lowest BCUT2D eigenvalue weighted by atomic mass is 9.84. The van der Waals surface area contributed by atoms with E-state index in [9.17, 15) is 0 Å². The third-order valence-electron chi connectivity index (χ3n) is 4.24. The van der Waals surface area contributed by atoms with Crippen molar-refractivity contribution in [1.29, 1.82) is 0 Å². The van der Waals surface area contributed by atoms with E-state index in [2.05, 4.69) is 11.8 Å². The van der Waals surface area contributed by atoms with Crippen molar-refractivity contribution >= 4 is 0 Å². The molecule has 0 radical (unpaired) electrons. The summed E-state index contributed by atoms with van der Waals surface area (Å²) < 4.78 is 0. The molecule has 0 aromatic carbocycles. The fourth-order valence-corrected chi connectivity index (χ4v) is 3.07. The summed E-state index contributed by atoms with van der Waals surface area (Å²) in [5.74, 6) is 0.983. The lowest BCUT2D eigenvalue weighted by molar-refractivity contribution is 0.103. The van der Waals surface area contributed by atoms with E-state index < -0.39 is 0 Å². The van der Waals surface area contributed by atoms with E-state index >= 15 is 0 Å². The molecule has 0 aliphatic heterocycles. The monoisotopic (exact) mass is 211 g/mol. The van der Waals surface area contributed by atoms with Gasteiger partial charge in [-0.1, -0.05) is 13.3 Å². The molecule has 15 heavy (non-hydrogen) atoms. The van der Waals surface area contributed by atoms with Gasteiger partial charge in [0.2, 0.25) is 0 Å². The highest BCUT2D eigenvalue weighted by molar-refractivity contribution is 4.90. The van der Waals surface area contributed by atoms with Crippen molar-refractivity contribution in [2.24, 2.45) is 5.92 Å². The predicted molar refractivity (Wildman–Crippen MR) is 62.9 cm³/mol. The Morgan fingerprint density at radius 2 is 1.53 bits per heavy atom. The largest absolute Gasteiger partial charge is 0.395 e. The number of hydrogen-bond donors (Lipinski definition) is 1. The van der Waals surface area contributed by atoms with Crippen LogP contribution < -0.4 is 0 Å². The SMILES string of the molecule is CCC1CCC(N(CCO)C2CC2)CC1. The van der Waals surface area contributed by atoms with Gasteiger partial charge in [0.1, 0.15) is 0 Å². The van der Waals surface area contributed by atoms with E-state index in [4.69, 9.17) is 5.11 Å². The first-order valence-electron chi connectivity index (χ1n) is 6.71. The molecule has 2 rings (SSSR count). The Bertz CT molecular complexity index is 183. The van der Waals surface area contributed by atoms with Crippen molar-refractivity contribution in [1.82, 2.24) is 4.90 Å². The Morgan fingerprint density at radius 3 is 1.93 bits per heavy atom. The fraction of sp³-hybridized carbons (Fsp3) is 1.00. The van der Waals surface area contributed by atoms with Crippen LogP contribution in [0.3, 0.4) is 0 Å². The molecule has 0 aromatic heterocycles. The molecular weight excluding hydrogens is 186 g/mol. The quantitative estimate of drug-likeness (QED) is 0.755. The second-order valence-corrected chi connectivity index (χ2v) is 5.28. The third-order valence-corrected chi connectivity index (χ3v) is 4.24. The van der Waals surface area contributed by atoms with E-state index in [-0.39, 0.29) is 0 Å². The lowest BCUT2D eigenvalue weighted by Crippen LogP contribution is -2.41. The fourth-order valence-electron chi connectivity index (χ4n) is 3.07. The Balaban J connectivity index is 1.81. The molecule has 2 aliphatic rings. The highest BCUT2D eigenvalue weighted by Gasteiger charge is 2.34. The van der Waals surface area contributed by atoms with Gasteiger partial charge >= 0.3 is 0 Å². The summed E-state index contributed by atoms with van der Waals surface area (Å²) in [7, 11) is 0. The van der Waals surface area contributed by atoms with Crippen molar-refractivity contribution < 1.29 is 5.11 Å². The van der Waals surface area contributed by atoms with Crippen LogP contribution in [-0.2, 0) is 0 Å². The van der Waals surface area contributed by atoms with Gasteiger partial charge < -0.3 is 5.11 Å². The molecule has 0 atom stereocenters. The molecule has 2 nitrogen and oxygen atoms in total. The average Bonchev–Trinajstić information content (AvgIpc) is 3.10. The predicted octanol–water partition coefficient (Wildman–Crippen LogP) is 2.41. The number of aliphatic hydroxyl groups excluding tert-OH is 1. The van der Waals surface area contributed by atoms with Crippen LogP contribution in [0.4, 0.5) is 0 Å². The summed E-state index contributed by atoms with van der Waals surface area (Å²) in [5.41, 5.74) is 0. The zero-order valence-corrected chi connectivity index (χ0v) is 9.99. The van der Waals surface area contributed by atoms with Crippen LogP contribution in [0.25, 0.3) is 0 Å². The van der Waals surface area contributed by atoms with Crippen molar-refractivity contribution in [3.63, 3.8) is 0 Å². The molecular formula is C13H25NO. The van der Waals surface area contributed by atoms with Crippen molar-refractivity contribution in [2.75, 3.05) is 13.2 Å². The molecule has 0 saturated heterocycles. The lowest BCUT2D eigenvalue weighted by Gasteiger charge is -2.36. The maximum Gasteiger partial charge on any atom is 0.0558 e. The molecule has 0 aromatic rings. The molecule has 0 heterocycles. The molecule has 0 amide bonds. The van der Waals surface area contributed by atoms with Gasteiger partial charge in [-0.15, -0.1) is 0 Å². The van der Waals surface area contributed by atoms with E-state index in [0.29, 0.717) is 6.61 Å². The first kappa shape index (κ1) is 11.4. The summed E-state index contributed by atoms with van der Waals surface area (Å²) in [5, 5.41) is 9.10. The summed E-state index contributed by atoms with van der Waals surface area (Å²) >= 11 is 0. The topological polar surface area (TPSA) is 23.5 Å². The zero-order chi connectivity index (χ0) is 10.7. The van der Waals surface area contributed by atoms with Crippen LogP contribution >= 0.6 is 0 Å². The van der Waals surface area contributed by atoms with Gasteiger partial charge in [0.25, 0.3) is 0 Å². The van der Waals surface area contributed by atoms with Crippen LogP contribution in [0.5, 0.6) is 0 Å². The second kappa shape index (κ2) is 5.31. The van der Waals surface area contributed by atoms with Gasteiger partial charge in [0, 0.05) is 18.6 Å². The summed E-state index contributed by atoms with van der Waals surface area (Å²) in [6.07, 6.45) is 9.66. The van der Waals surface area contributed by atoms with E-state index in [1.807, 2.05) is 0 Å². The summed E-state index contributed by atoms with van der Waals surface area (Å²) in [6.45, 7) is 3.56. The molecule has 0 bridgehead atoms. The Morgan fingerprint density at radius 1 is 1.00 bits per heavy atom. The first-order valence-corrected chi connectivity index (χ1v) is 6.71. The minimum Gasteiger partial charge on any atom is -0.395 e. The zero-order valence-electron chi connectivity index (χ0n) is 9.99. The van der Waals surface area contributed by atoms with E-state index in [1.165, 1.54) is 44.9 Å². The number of rotatable bonds is 5. The third kappa shape index (κ3) is 2.94. The summed E-state index contributed by atoms with van der Waals surface area (Å²) in [6, 6.07) is 1.60. The summed E-state index contributed by atoms with van der Waals surface area (Å²) in [4.78, 5) is 2.59. The Hall–Kier alpha value is -0.0800. The maximum absolute atomic E-state index is 9.10. The van der Waals surface area contributed by atoms with Crippen LogP contribution in [0, 0.1) is 5.92 Å². The molecule has 2 fully saturated rings. The molecule has 88 valence electrons. The molecule has 2 aliphatic carbocycles. The van der Waals surface area contributed by atoms with Crippen molar-refractivity contribution in [3.05, 3.63) is 0 Å². The smallest absolute Gasteiger partial charge is 0.0558 e. The number of nitrogens with zero attached hydrogens (tertiary/aromatic N) is 1. The standard InChI is InChI=1S/C13H25NO/c1-2-11-3-5-12(6-4-11)14(9-10-15)13-7-8-13/h11-13,15H,2-10H2,1H3. The molecule has 0 unspecified atom stereocenters. The Kier molecular flexibility index (Phi) is 4.04. The van der Waals surface area contributed by atoms with Crippen LogP contribution in [0.2, 0.25) is 0 Å². The van der Waals surface area contributed by atoms with E-state index in [0.717, 1.165) is 24.5 Å².